The van der Waals surface area contributed by atoms with E-state index < -0.39 is 0 Å². The molecule has 21 heavy (non-hydrogen) atoms. The smallest absolute Gasteiger partial charge is 0.0478 e. The first-order valence-corrected chi connectivity index (χ1v) is 8.03. The standard InChI is InChI=1S/C19H30N2/c1-7-12-21(13-8-2)17(6)18-11-10-15(4)14-19(18)20-16(5)9-3/h10-11,14,20H,5-9,12-13H2,1-4H3. The molecule has 116 valence electrons. The van der Waals surface area contributed by atoms with E-state index in [1.165, 1.54) is 11.1 Å². The molecule has 0 unspecified atom stereocenters. The summed E-state index contributed by atoms with van der Waals surface area (Å²) < 4.78 is 0. The lowest BCUT2D eigenvalue weighted by Crippen LogP contribution is -2.24. The Balaban J connectivity index is 3.09. The van der Waals surface area contributed by atoms with Crippen LogP contribution in [0.4, 0.5) is 5.69 Å². The summed E-state index contributed by atoms with van der Waals surface area (Å²) in [6, 6.07) is 6.50. The maximum atomic E-state index is 4.34. The number of hydrogen-bond donors (Lipinski definition) is 1. The fraction of sp³-hybridized carbons (Fsp3) is 0.474. The van der Waals surface area contributed by atoms with Gasteiger partial charge in [-0.2, -0.15) is 0 Å². The number of hydrogen-bond acceptors (Lipinski definition) is 2. The van der Waals surface area contributed by atoms with Crippen molar-refractivity contribution in [2.75, 3.05) is 18.4 Å². The van der Waals surface area contributed by atoms with Crippen molar-refractivity contribution in [1.82, 2.24) is 4.90 Å². The number of rotatable bonds is 9. The normalized spacial score (nSPS) is 10.3. The molecule has 0 heterocycles. The van der Waals surface area contributed by atoms with Crippen molar-refractivity contribution in [2.45, 2.75) is 47.0 Å². The average molecular weight is 286 g/mol. The van der Waals surface area contributed by atoms with Crippen molar-refractivity contribution in [1.29, 1.82) is 0 Å². The van der Waals surface area contributed by atoms with Gasteiger partial charge >= 0.3 is 0 Å². The van der Waals surface area contributed by atoms with Crippen molar-refractivity contribution in [2.24, 2.45) is 0 Å². The lowest BCUT2D eigenvalue weighted by Gasteiger charge is -2.28. The molecule has 1 N–H and O–H groups in total. The second-order valence-electron chi connectivity index (χ2n) is 5.56. The summed E-state index contributed by atoms with van der Waals surface area (Å²) >= 11 is 0. The van der Waals surface area contributed by atoms with Crippen LogP contribution < -0.4 is 5.32 Å². The molecule has 0 saturated carbocycles. The minimum atomic E-state index is 0.924. The molecule has 2 heteroatoms. The molecule has 0 aliphatic heterocycles. The molecule has 0 fully saturated rings. The second kappa shape index (κ2) is 8.56. The summed E-state index contributed by atoms with van der Waals surface area (Å²) in [6.45, 7) is 19.2. The summed E-state index contributed by atoms with van der Waals surface area (Å²) in [5.41, 5.74) is 5.67. The van der Waals surface area contributed by atoms with E-state index in [0.29, 0.717) is 0 Å². The summed E-state index contributed by atoms with van der Waals surface area (Å²) in [7, 11) is 0. The van der Waals surface area contributed by atoms with Gasteiger partial charge in [0, 0.05) is 35.7 Å². The molecule has 0 atom stereocenters. The Hall–Kier alpha value is -1.70. The second-order valence-corrected chi connectivity index (χ2v) is 5.56. The lowest BCUT2D eigenvalue weighted by atomic mass is 10.1. The minimum Gasteiger partial charge on any atom is -0.371 e. The molecular weight excluding hydrogens is 256 g/mol. The van der Waals surface area contributed by atoms with Gasteiger partial charge in [-0.3, -0.25) is 0 Å². The Kier molecular flexibility index (Phi) is 7.07. The van der Waals surface area contributed by atoms with E-state index >= 15 is 0 Å². The number of benzene rings is 1. The molecule has 0 spiro atoms. The van der Waals surface area contributed by atoms with E-state index in [-0.39, 0.29) is 0 Å². The Morgan fingerprint density at radius 1 is 1.10 bits per heavy atom. The Labute approximate surface area is 130 Å². The summed E-state index contributed by atoms with van der Waals surface area (Å²) in [4.78, 5) is 2.38. The van der Waals surface area contributed by atoms with Gasteiger partial charge in [-0.25, -0.2) is 0 Å². The van der Waals surface area contributed by atoms with Crippen LogP contribution in [-0.4, -0.2) is 18.0 Å². The predicted octanol–water partition coefficient (Wildman–Crippen LogP) is 5.42. The molecule has 0 amide bonds. The van der Waals surface area contributed by atoms with E-state index in [0.717, 1.165) is 49.4 Å². The SMILES string of the molecule is C=C(CC)Nc1cc(C)ccc1C(=C)N(CCC)CCC. The van der Waals surface area contributed by atoms with E-state index in [1.54, 1.807) is 0 Å². The quantitative estimate of drug-likeness (QED) is 0.651. The zero-order valence-electron chi connectivity index (χ0n) is 14.1. The summed E-state index contributed by atoms with van der Waals surface area (Å²) in [5, 5.41) is 3.44. The van der Waals surface area contributed by atoms with Crippen molar-refractivity contribution < 1.29 is 0 Å². The first-order valence-electron chi connectivity index (χ1n) is 8.03. The molecular formula is C19H30N2. The van der Waals surface area contributed by atoms with E-state index in [1.807, 2.05) is 0 Å². The van der Waals surface area contributed by atoms with E-state index in [4.69, 9.17) is 0 Å². The molecule has 1 rings (SSSR count). The molecule has 1 aromatic carbocycles. The minimum absolute atomic E-state index is 0.924. The third-order valence-corrected chi connectivity index (χ3v) is 3.59. The zero-order valence-corrected chi connectivity index (χ0v) is 14.1. The Bertz CT molecular complexity index is 482. The van der Waals surface area contributed by atoms with Crippen molar-refractivity contribution in [3.05, 3.63) is 48.2 Å². The van der Waals surface area contributed by atoms with Crippen LogP contribution in [0.1, 0.15) is 51.2 Å². The summed E-state index contributed by atoms with van der Waals surface area (Å²) in [5.74, 6) is 0. The highest BCUT2D eigenvalue weighted by Crippen LogP contribution is 2.28. The molecule has 2 nitrogen and oxygen atoms in total. The fourth-order valence-corrected chi connectivity index (χ4v) is 2.38. The van der Waals surface area contributed by atoms with E-state index in [2.05, 4.69) is 69.3 Å². The first kappa shape index (κ1) is 17.4. The number of allylic oxidation sites excluding steroid dienone is 1. The van der Waals surface area contributed by atoms with Gasteiger partial charge in [-0.1, -0.05) is 46.1 Å². The third-order valence-electron chi connectivity index (χ3n) is 3.59. The molecule has 0 aromatic heterocycles. The van der Waals surface area contributed by atoms with Crippen molar-refractivity contribution in [3.63, 3.8) is 0 Å². The Morgan fingerprint density at radius 2 is 1.71 bits per heavy atom. The van der Waals surface area contributed by atoms with Gasteiger partial charge in [-0.05, 0) is 37.8 Å². The highest BCUT2D eigenvalue weighted by molar-refractivity contribution is 5.75. The van der Waals surface area contributed by atoms with Crippen LogP contribution in [0.2, 0.25) is 0 Å². The fourth-order valence-electron chi connectivity index (χ4n) is 2.38. The lowest BCUT2D eigenvalue weighted by molar-refractivity contribution is 0.397. The molecule has 0 saturated heterocycles. The molecule has 0 aliphatic carbocycles. The topological polar surface area (TPSA) is 15.3 Å². The van der Waals surface area contributed by atoms with Crippen molar-refractivity contribution >= 4 is 11.4 Å². The average Bonchev–Trinajstić information content (AvgIpc) is 2.46. The highest BCUT2D eigenvalue weighted by Gasteiger charge is 2.12. The number of nitrogens with zero attached hydrogens (tertiary/aromatic N) is 1. The van der Waals surface area contributed by atoms with Gasteiger partial charge in [0.05, 0.1) is 0 Å². The van der Waals surface area contributed by atoms with Crippen LogP contribution in [0, 0.1) is 6.92 Å². The maximum absolute atomic E-state index is 4.34. The predicted molar refractivity (Wildman–Crippen MR) is 95.4 cm³/mol. The largest absolute Gasteiger partial charge is 0.371 e. The van der Waals surface area contributed by atoms with Gasteiger partial charge in [0.15, 0.2) is 0 Å². The van der Waals surface area contributed by atoms with Crippen LogP contribution in [0.3, 0.4) is 0 Å². The van der Waals surface area contributed by atoms with Crippen LogP contribution in [0.5, 0.6) is 0 Å². The maximum Gasteiger partial charge on any atom is 0.0478 e. The molecule has 0 radical (unpaired) electrons. The van der Waals surface area contributed by atoms with Crippen LogP contribution in [0.25, 0.3) is 5.70 Å². The van der Waals surface area contributed by atoms with Crippen LogP contribution in [-0.2, 0) is 0 Å². The zero-order chi connectivity index (χ0) is 15.8. The van der Waals surface area contributed by atoms with Crippen LogP contribution in [0.15, 0.2) is 37.1 Å². The van der Waals surface area contributed by atoms with Gasteiger partial charge in [0.1, 0.15) is 0 Å². The van der Waals surface area contributed by atoms with Crippen molar-refractivity contribution in [3.8, 4) is 0 Å². The molecule has 1 aromatic rings. The molecule has 0 aliphatic rings. The number of anilines is 1. The number of aryl methyl sites for hydroxylation is 1. The Morgan fingerprint density at radius 3 is 2.24 bits per heavy atom. The highest BCUT2D eigenvalue weighted by atomic mass is 15.1. The van der Waals surface area contributed by atoms with E-state index in [9.17, 15) is 0 Å². The monoisotopic (exact) mass is 286 g/mol. The van der Waals surface area contributed by atoms with Crippen LogP contribution >= 0.6 is 0 Å². The number of nitrogens with one attached hydrogen (secondary N) is 1. The van der Waals surface area contributed by atoms with Gasteiger partial charge in [0.25, 0.3) is 0 Å². The van der Waals surface area contributed by atoms with Gasteiger partial charge < -0.3 is 10.2 Å². The summed E-state index contributed by atoms with van der Waals surface area (Å²) in [6.07, 6.45) is 3.19. The van der Waals surface area contributed by atoms with Gasteiger partial charge in [0.2, 0.25) is 0 Å². The van der Waals surface area contributed by atoms with Gasteiger partial charge in [-0.15, -0.1) is 0 Å². The first-order chi connectivity index (χ1) is 10.0. The molecule has 0 bridgehead atoms. The third kappa shape index (κ3) is 4.96.